The van der Waals surface area contributed by atoms with E-state index in [9.17, 15) is 0 Å². The molecule has 2 heteroatoms. The normalized spacial score (nSPS) is 10.6. The van der Waals surface area contributed by atoms with Crippen LogP contribution < -0.4 is 4.74 Å². The van der Waals surface area contributed by atoms with E-state index in [4.69, 9.17) is 4.74 Å². The summed E-state index contributed by atoms with van der Waals surface area (Å²) in [5.41, 5.74) is 2.97. The van der Waals surface area contributed by atoms with Crippen LogP contribution in [0.5, 0.6) is 5.75 Å². The molecule has 0 bridgehead atoms. The molecule has 1 aromatic heterocycles. The molecule has 0 spiro atoms. The van der Waals surface area contributed by atoms with Gasteiger partial charge in [0.1, 0.15) is 5.75 Å². The zero-order chi connectivity index (χ0) is 13.1. The van der Waals surface area contributed by atoms with Crippen molar-refractivity contribution >= 4 is 10.9 Å². The van der Waals surface area contributed by atoms with Crippen LogP contribution in [-0.4, -0.2) is 11.6 Å². The second-order valence-corrected chi connectivity index (χ2v) is 4.26. The van der Waals surface area contributed by atoms with E-state index < -0.39 is 0 Å². The Labute approximate surface area is 112 Å². The zero-order valence-electron chi connectivity index (χ0n) is 10.8. The molecule has 2 nitrogen and oxygen atoms in total. The molecule has 0 saturated carbocycles. The molecule has 2 aromatic carbocycles. The first-order valence-electron chi connectivity index (χ1n) is 6.37. The Morgan fingerprint density at radius 3 is 2.63 bits per heavy atom. The Bertz CT molecular complexity index is 689. The monoisotopic (exact) mass is 248 g/mol. The summed E-state index contributed by atoms with van der Waals surface area (Å²) in [5.74, 6) is 0.885. The van der Waals surface area contributed by atoms with E-state index in [-0.39, 0.29) is 0 Å². The molecule has 3 aromatic rings. The van der Waals surface area contributed by atoms with Crippen LogP contribution in [0.2, 0.25) is 0 Å². The molecular weight excluding hydrogens is 234 g/mol. The van der Waals surface area contributed by atoms with Crippen molar-refractivity contribution in [1.29, 1.82) is 0 Å². The largest absolute Gasteiger partial charge is 0.494 e. The third-order valence-electron chi connectivity index (χ3n) is 2.97. The van der Waals surface area contributed by atoms with Crippen molar-refractivity contribution in [2.24, 2.45) is 0 Å². The highest BCUT2D eigenvalue weighted by molar-refractivity contribution is 5.80. The van der Waals surface area contributed by atoms with Gasteiger partial charge >= 0.3 is 0 Å². The lowest BCUT2D eigenvalue weighted by Crippen LogP contribution is -1.91. The van der Waals surface area contributed by atoms with Gasteiger partial charge in [-0.2, -0.15) is 0 Å². The smallest absolute Gasteiger partial charge is 0.119 e. The molecule has 3 rings (SSSR count). The highest BCUT2D eigenvalue weighted by Crippen LogP contribution is 2.22. The van der Waals surface area contributed by atoms with Crippen LogP contribution >= 0.6 is 0 Å². The first-order chi connectivity index (χ1) is 9.36. The second kappa shape index (κ2) is 5.11. The van der Waals surface area contributed by atoms with Gasteiger partial charge in [0.15, 0.2) is 0 Å². The summed E-state index contributed by atoms with van der Waals surface area (Å²) < 4.78 is 5.44. The number of hydrogen-bond donors (Lipinski definition) is 0. The number of aromatic nitrogens is 1. The van der Waals surface area contributed by atoms with E-state index in [2.05, 4.69) is 11.1 Å². The molecule has 0 amide bonds. The fraction of sp³-hybridized carbons (Fsp3) is 0.118. The van der Waals surface area contributed by atoms with Gasteiger partial charge in [0.05, 0.1) is 17.8 Å². The van der Waals surface area contributed by atoms with Crippen molar-refractivity contribution in [3.8, 4) is 17.0 Å². The van der Waals surface area contributed by atoms with Crippen molar-refractivity contribution in [3.05, 3.63) is 60.7 Å². The minimum atomic E-state index is 0.682. The molecule has 0 aliphatic carbocycles. The van der Waals surface area contributed by atoms with Gasteiger partial charge in [0.25, 0.3) is 0 Å². The van der Waals surface area contributed by atoms with E-state index in [0.717, 1.165) is 27.9 Å². The first kappa shape index (κ1) is 11.7. The average molecular weight is 248 g/mol. The number of para-hydroxylation sites is 1. The maximum atomic E-state index is 5.44. The summed E-state index contributed by atoms with van der Waals surface area (Å²) in [4.78, 5) is 4.65. The summed E-state index contributed by atoms with van der Waals surface area (Å²) in [7, 11) is 0. The summed E-state index contributed by atoms with van der Waals surface area (Å²) in [5, 5.41) is 1.04. The SMILES string of the molecule is CCOc1ccc(-c2c[c]c3ccccc3n2)cc1. The molecule has 1 radical (unpaired) electrons. The van der Waals surface area contributed by atoms with Crippen LogP contribution in [0.1, 0.15) is 6.92 Å². The van der Waals surface area contributed by atoms with Crippen molar-refractivity contribution in [1.82, 2.24) is 4.98 Å². The molecule has 0 N–H and O–H groups in total. The Hall–Kier alpha value is -2.35. The van der Waals surface area contributed by atoms with Gasteiger partial charge in [0, 0.05) is 10.9 Å². The molecule has 0 atom stereocenters. The summed E-state index contributed by atoms with van der Waals surface area (Å²) >= 11 is 0. The van der Waals surface area contributed by atoms with Gasteiger partial charge in [-0.05, 0) is 49.4 Å². The molecule has 0 aliphatic rings. The standard InChI is InChI=1S/C17H14NO/c1-2-19-15-10-7-14(8-11-15)17-12-9-13-5-3-4-6-16(13)18-17/h3-8,10-12H,2H2,1H3. The van der Waals surface area contributed by atoms with Crippen molar-refractivity contribution in [3.63, 3.8) is 0 Å². The van der Waals surface area contributed by atoms with Crippen molar-refractivity contribution < 1.29 is 4.74 Å². The lowest BCUT2D eigenvalue weighted by Gasteiger charge is -2.05. The maximum Gasteiger partial charge on any atom is 0.119 e. The molecule has 0 fully saturated rings. The van der Waals surface area contributed by atoms with Crippen LogP contribution in [0.25, 0.3) is 22.2 Å². The highest BCUT2D eigenvalue weighted by Gasteiger charge is 2.02. The molecule has 19 heavy (non-hydrogen) atoms. The summed E-state index contributed by atoms with van der Waals surface area (Å²) in [6, 6.07) is 21.2. The van der Waals surface area contributed by atoms with Crippen molar-refractivity contribution in [2.75, 3.05) is 6.61 Å². The molecule has 0 saturated heterocycles. The van der Waals surface area contributed by atoms with Crippen molar-refractivity contribution in [2.45, 2.75) is 6.92 Å². The highest BCUT2D eigenvalue weighted by atomic mass is 16.5. The third-order valence-corrected chi connectivity index (χ3v) is 2.97. The van der Waals surface area contributed by atoms with E-state index in [0.29, 0.717) is 6.61 Å². The van der Waals surface area contributed by atoms with E-state index in [1.165, 1.54) is 0 Å². The Morgan fingerprint density at radius 1 is 1.05 bits per heavy atom. The topological polar surface area (TPSA) is 22.1 Å². The maximum absolute atomic E-state index is 5.44. The Morgan fingerprint density at radius 2 is 1.84 bits per heavy atom. The minimum Gasteiger partial charge on any atom is -0.494 e. The third kappa shape index (κ3) is 2.43. The van der Waals surface area contributed by atoms with Crippen LogP contribution in [0.4, 0.5) is 0 Å². The average Bonchev–Trinajstić information content (AvgIpc) is 2.48. The molecule has 0 aliphatic heterocycles. The number of fused-ring (bicyclic) bond motifs is 1. The molecule has 1 heterocycles. The van der Waals surface area contributed by atoms with E-state index in [1.807, 2.05) is 61.5 Å². The quantitative estimate of drug-likeness (QED) is 0.696. The van der Waals surface area contributed by atoms with Gasteiger partial charge in [-0.15, -0.1) is 0 Å². The summed E-state index contributed by atoms with van der Waals surface area (Å²) in [6.45, 7) is 2.66. The van der Waals surface area contributed by atoms with Gasteiger partial charge < -0.3 is 4.74 Å². The molecule has 0 unspecified atom stereocenters. The van der Waals surface area contributed by atoms with E-state index in [1.54, 1.807) is 0 Å². The van der Waals surface area contributed by atoms with Gasteiger partial charge in [0.2, 0.25) is 0 Å². The van der Waals surface area contributed by atoms with Gasteiger partial charge in [-0.3, -0.25) is 0 Å². The van der Waals surface area contributed by atoms with Gasteiger partial charge in [-0.25, -0.2) is 4.98 Å². The number of pyridine rings is 1. The fourth-order valence-corrected chi connectivity index (χ4v) is 2.04. The zero-order valence-corrected chi connectivity index (χ0v) is 10.8. The number of rotatable bonds is 3. The summed E-state index contributed by atoms with van der Waals surface area (Å²) in [6.07, 6.45) is 0. The van der Waals surface area contributed by atoms with E-state index >= 15 is 0 Å². The predicted molar refractivity (Wildman–Crippen MR) is 77.2 cm³/mol. The fourth-order valence-electron chi connectivity index (χ4n) is 2.04. The number of nitrogens with zero attached hydrogens (tertiary/aromatic N) is 1. The van der Waals surface area contributed by atoms with Crippen LogP contribution in [0.3, 0.4) is 0 Å². The Kier molecular flexibility index (Phi) is 3.15. The second-order valence-electron chi connectivity index (χ2n) is 4.26. The molecule has 93 valence electrons. The molecular formula is C17H14NO. The lowest BCUT2D eigenvalue weighted by molar-refractivity contribution is 0.340. The lowest BCUT2D eigenvalue weighted by atomic mass is 10.1. The number of benzene rings is 2. The van der Waals surface area contributed by atoms with Crippen LogP contribution in [-0.2, 0) is 0 Å². The minimum absolute atomic E-state index is 0.682. The van der Waals surface area contributed by atoms with Crippen LogP contribution in [0, 0.1) is 6.07 Å². The number of ether oxygens (including phenoxy) is 1. The number of hydrogen-bond acceptors (Lipinski definition) is 2. The van der Waals surface area contributed by atoms with Gasteiger partial charge in [-0.1, -0.05) is 18.2 Å². The Balaban J connectivity index is 1.99. The predicted octanol–water partition coefficient (Wildman–Crippen LogP) is 4.10. The van der Waals surface area contributed by atoms with Crippen LogP contribution in [0.15, 0.2) is 54.6 Å². The first-order valence-corrected chi connectivity index (χ1v) is 6.37.